The third-order valence-electron chi connectivity index (χ3n) is 5.09. The molecule has 0 N–H and O–H groups in total. The van der Waals surface area contributed by atoms with Gasteiger partial charge in [-0.1, -0.05) is 6.07 Å². The van der Waals surface area contributed by atoms with Crippen molar-refractivity contribution in [2.45, 2.75) is 25.3 Å². The molecule has 1 amide bonds. The Hall–Kier alpha value is -3.05. The van der Waals surface area contributed by atoms with Crippen molar-refractivity contribution in [3.63, 3.8) is 0 Å². The Kier molecular flexibility index (Phi) is 4.94. The number of hydrogen-bond acceptors (Lipinski definition) is 7. The molecule has 2 aliphatic rings. The van der Waals surface area contributed by atoms with E-state index < -0.39 is 0 Å². The van der Waals surface area contributed by atoms with Crippen LogP contribution < -0.4 is 4.90 Å². The van der Waals surface area contributed by atoms with Crippen LogP contribution in [0.3, 0.4) is 0 Å². The second-order valence-electron chi connectivity index (χ2n) is 6.69. The Morgan fingerprint density at radius 2 is 2.04 bits per heavy atom. The SMILES string of the molecule is N#Cc1cc(N2CCC(C(=O)N3OCC[C@H]3c3ccccn3)CC2)ncn1. The molecule has 2 aromatic rings. The van der Waals surface area contributed by atoms with Crippen LogP contribution in [0, 0.1) is 17.2 Å². The number of anilines is 1. The lowest BCUT2D eigenvalue weighted by molar-refractivity contribution is -0.182. The lowest BCUT2D eigenvalue weighted by atomic mass is 9.95. The first-order chi connectivity index (χ1) is 13.3. The van der Waals surface area contributed by atoms with Crippen molar-refractivity contribution in [2.75, 3.05) is 24.6 Å². The number of nitriles is 1. The molecule has 0 aromatic carbocycles. The van der Waals surface area contributed by atoms with Crippen molar-refractivity contribution < 1.29 is 9.63 Å². The van der Waals surface area contributed by atoms with Crippen LogP contribution in [0.5, 0.6) is 0 Å². The van der Waals surface area contributed by atoms with E-state index in [0.29, 0.717) is 25.4 Å². The summed E-state index contributed by atoms with van der Waals surface area (Å²) < 4.78 is 0. The minimum absolute atomic E-state index is 0.0307. The summed E-state index contributed by atoms with van der Waals surface area (Å²) >= 11 is 0. The maximum Gasteiger partial charge on any atom is 0.250 e. The molecular formula is C19H20N6O2. The molecule has 8 nitrogen and oxygen atoms in total. The fourth-order valence-electron chi connectivity index (χ4n) is 3.64. The quantitative estimate of drug-likeness (QED) is 0.820. The molecule has 0 aliphatic carbocycles. The standard InChI is InChI=1S/C19H20N6O2/c20-12-15-11-18(23-13-22-15)24-8-4-14(5-9-24)19(26)25-17(6-10-27-25)16-3-1-2-7-21-16/h1-3,7,11,13-14,17H,4-6,8-10H2/t17-/m0/s1. The zero-order valence-electron chi connectivity index (χ0n) is 14.9. The summed E-state index contributed by atoms with van der Waals surface area (Å²) in [5, 5.41) is 10.5. The number of rotatable bonds is 3. The predicted molar refractivity (Wildman–Crippen MR) is 96.1 cm³/mol. The van der Waals surface area contributed by atoms with E-state index in [0.717, 1.165) is 30.8 Å². The Bertz CT molecular complexity index is 845. The molecule has 1 atom stereocenters. The molecule has 138 valence electrons. The van der Waals surface area contributed by atoms with Crippen LogP contribution in [-0.4, -0.2) is 45.6 Å². The van der Waals surface area contributed by atoms with Gasteiger partial charge in [-0.05, 0) is 25.0 Å². The van der Waals surface area contributed by atoms with Crippen molar-refractivity contribution >= 4 is 11.7 Å². The highest BCUT2D eigenvalue weighted by atomic mass is 16.7. The number of carbonyl (C=O) groups is 1. The number of aromatic nitrogens is 3. The number of hydrogen-bond donors (Lipinski definition) is 0. The summed E-state index contributed by atoms with van der Waals surface area (Å²) in [4.78, 5) is 33.3. The first kappa shape index (κ1) is 17.4. The molecule has 27 heavy (non-hydrogen) atoms. The van der Waals surface area contributed by atoms with Gasteiger partial charge in [-0.15, -0.1) is 0 Å². The van der Waals surface area contributed by atoms with E-state index in [1.54, 1.807) is 12.3 Å². The molecule has 0 saturated carbocycles. The molecule has 0 bridgehead atoms. The van der Waals surface area contributed by atoms with Crippen molar-refractivity contribution in [1.82, 2.24) is 20.0 Å². The van der Waals surface area contributed by atoms with Crippen molar-refractivity contribution in [3.05, 3.63) is 48.2 Å². The van der Waals surface area contributed by atoms with Gasteiger partial charge in [0.05, 0.1) is 12.3 Å². The van der Waals surface area contributed by atoms with E-state index in [-0.39, 0.29) is 17.9 Å². The average Bonchev–Trinajstić information content (AvgIpc) is 3.24. The van der Waals surface area contributed by atoms with E-state index in [2.05, 4.69) is 19.9 Å². The van der Waals surface area contributed by atoms with Gasteiger partial charge in [0, 0.05) is 37.7 Å². The molecule has 2 aromatic heterocycles. The van der Waals surface area contributed by atoms with Crippen LogP contribution in [0.4, 0.5) is 5.82 Å². The summed E-state index contributed by atoms with van der Waals surface area (Å²) in [6, 6.07) is 9.33. The second-order valence-corrected chi connectivity index (χ2v) is 6.69. The normalized spacial score (nSPS) is 20.5. The summed E-state index contributed by atoms with van der Waals surface area (Å²) in [6.45, 7) is 1.95. The van der Waals surface area contributed by atoms with E-state index in [1.165, 1.54) is 11.4 Å². The smallest absolute Gasteiger partial charge is 0.250 e. The predicted octanol–water partition coefficient (Wildman–Crippen LogP) is 1.86. The van der Waals surface area contributed by atoms with Gasteiger partial charge in [0.1, 0.15) is 30.0 Å². The number of carbonyl (C=O) groups excluding carboxylic acids is 1. The van der Waals surface area contributed by atoms with Gasteiger partial charge in [-0.25, -0.2) is 15.0 Å². The molecular weight excluding hydrogens is 344 g/mol. The molecule has 4 rings (SSSR count). The second kappa shape index (κ2) is 7.68. The van der Waals surface area contributed by atoms with Gasteiger partial charge in [0.15, 0.2) is 0 Å². The Labute approximate surface area is 157 Å². The van der Waals surface area contributed by atoms with Gasteiger partial charge in [0.2, 0.25) is 5.91 Å². The molecule has 8 heteroatoms. The van der Waals surface area contributed by atoms with Crippen LogP contribution in [0.25, 0.3) is 0 Å². The lowest BCUT2D eigenvalue weighted by Gasteiger charge is -2.34. The minimum atomic E-state index is -0.114. The molecule has 2 aliphatic heterocycles. The fourth-order valence-corrected chi connectivity index (χ4v) is 3.64. The third kappa shape index (κ3) is 3.59. The monoisotopic (exact) mass is 364 g/mol. The summed E-state index contributed by atoms with van der Waals surface area (Å²) in [5.41, 5.74) is 1.22. The molecule has 0 spiro atoms. The number of amides is 1. The van der Waals surface area contributed by atoms with Crippen LogP contribution in [0.2, 0.25) is 0 Å². The number of piperidine rings is 1. The topological polar surface area (TPSA) is 95.2 Å². The van der Waals surface area contributed by atoms with Crippen molar-refractivity contribution in [3.8, 4) is 6.07 Å². The highest BCUT2D eigenvalue weighted by molar-refractivity contribution is 5.78. The Balaban J connectivity index is 1.40. The van der Waals surface area contributed by atoms with E-state index in [1.807, 2.05) is 24.3 Å². The molecule has 0 radical (unpaired) electrons. The molecule has 2 saturated heterocycles. The van der Waals surface area contributed by atoms with Crippen molar-refractivity contribution in [1.29, 1.82) is 5.26 Å². The van der Waals surface area contributed by atoms with Gasteiger partial charge in [-0.2, -0.15) is 5.26 Å². The fraction of sp³-hybridized carbons (Fsp3) is 0.421. The van der Waals surface area contributed by atoms with Crippen LogP contribution in [0.1, 0.15) is 36.7 Å². The first-order valence-corrected chi connectivity index (χ1v) is 9.10. The van der Waals surface area contributed by atoms with Crippen LogP contribution in [0.15, 0.2) is 36.8 Å². The largest absolute Gasteiger partial charge is 0.356 e. The van der Waals surface area contributed by atoms with E-state index in [4.69, 9.17) is 10.1 Å². The highest BCUT2D eigenvalue weighted by Gasteiger charge is 2.37. The Morgan fingerprint density at radius 3 is 2.78 bits per heavy atom. The zero-order chi connectivity index (χ0) is 18.6. The van der Waals surface area contributed by atoms with Crippen LogP contribution >= 0.6 is 0 Å². The summed E-state index contributed by atoms with van der Waals surface area (Å²) in [6.07, 6.45) is 5.35. The van der Waals surface area contributed by atoms with Gasteiger partial charge in [0.25, 0.3) is 0 Å². The average molecular weight is 364 g/mol. The minimum Gasteiger partial charge on any atom is -0.356 e. The maximum absolute atomic E-state index is 13.0. The van der Waals surface area contributed by atoms with Crippen molar-refractivity contribution in [2.24, 2.45) is 5.92 Å². The van der Waals surface area contributed by atoms with Gasteiger partial charge < -0.3 is 4.90 Å². The summed E-state index contributed by atoms with van der Waals surface area (Å²) in [7, 11) is 0. The van der Waals surface area contributed by atoms with E-state index >= 15 is 0 Å². The van der Waals surface area contributed by atoms with Crippen LogP contribution in [-0.2, 0) is 9.63 Å². The van der Waals surface area contributed by atoms with Gasteiger partial charge >= 0.3 is 0 Å². The number of hydroxylamine groups is 2. The maximum atomic E-state index is 13.0. The lowest BCUT2D eigenvalue weighted by Crippen LogP contribution is -2.42. The first-order valence-electron chi connectivity index (χ1n) is 9.10. The third-order valence-corrected chi connectivity index (χ3v) is 5.09. The number of pyridine rings is 1. The molecule has 0 unspecified atom stereocenters. The Morgan fingerprint density at radius 1 is 1.19 bits per heavy atom. The van der Waals surface area contributed by atoms with Gasteiger partial charge in [-0.3, -0.25) is 14.6 Å². The summed E-state index contributed by atoms with van der Waals surface area (Å²) in [5.74, 6) is 0.683. The molecule has 4 heterocycles. The molecule has 2 fully saturated rings. The zero-order valence-corrected chi connectivity index (χ0v) is 14.9. The highest BCUT2D eigenvalue weighted by Crippen LogP contribution is 2.32. The number of nitrogens with zero attached hydrogens (tertiary/aromatic N) is 6. The van der Waals surface area contributed by atoms with E-state index in [9.17, 15) is 4.79 Å².